The van der Waals surface area contributed by atoms with E-state index in [4.69, 9.17) is 4.74 Å². The molecule has 2 aliphatic heterocycles. The van der Waals surface area contributed by atoms with Crippen molar-refractivity contribution in [1.82, 2.24) is 19.2 Å². The molecule has 0 N–H and O–H groups in total. The Morgan fingerprint density at radius 3 is 2.68 bits per heavy atom. The lowest BCUT2D eigenvalue weighted by molar-refractivity contribution is -0.127. The van der Waals surface area contributed by atoms with E-state index in [0.29, 0.717) is 37.3 Å². The number of amides is 3. The fraction of sp³-hybridized carbons (Fsp3) is 0.412. The third-order valence-corrected chi connectivity index (χ3v) is 4.81. The van der Waals surface area contributed by atoms with E-state index < -0.39 is 6.09 Å². The highest BCUT2D eigenvalue weighted by Gasteiger charge is 2.39. The number of piperidine rings is 1. The average molecular weight is 342 g/mol. The summed E-state index contributed by atoms with van der Waals surface area (Å²) in [6.07, 6.45) is 2.37. The van der Waals surface area contributed by atoms with Gasteiger partial charge in [-0.15, -0.1) is 0 Å². The van der Waals surface area contributed by atoms with E-state index in [-0.39, 0.29) is 24.5 Å². The molecule has 0 bridgehead atoms. The summed E-state index contributed by atoms with van der Waals surface area (Å²) in [7, 11) is 0. The molecule has 2 aromatic heterocycles. The number of rotatable bonds is 2. The van der Waals surface area contributed by atoms with Crippen LogP contribution in [0.5, 0.6) is 0 Å². The van der Waals surface area contributed by atoms with E-state index in [1.54, 1.807) is 9.30 Å². The summed E-state index contributed by atoms with van der Waals surface area (Å²) in [4.78, 5) is 43.8. The molecule has 8 nitrogen and oxygen atoms in total. The quantitative estimate of drug-likeness (QED) is 0.819. The van der Waals surface area contributed by atoms with Crippen molar-refractivity contribution < 1.29 is 19.1 Å². The summed E-state index contributed by atoms with van der Waals surface area (Å²) < 4.78 is 6.57. The van der Waals surface area contributed by atoms with Crippen molar-refractivity contribution in [1.29, 1.82) is 0 Å². The van der Waals surface area contributed by atoms with Crippen LogP contribution in [0.25, 0.3) is 5.65 Å². The SMILES string of the molecule is Cc1nc2ccccn2c1C(=O)N1CCC(N2C(=O)COC2=O)CC1. The van der Waals surface area contributed by atoms with Crippen molar-refractivity contribution in [2.75, 3.05) is 19.7 Å². The van der Waals surface area contributed by atoms with Crippen LogP contribution in [0.15, 0.2) is 24.4 Å². The highest BCUT2D eigenvalue weighted by molar-refractivity contribution is 5.98. The monoisotopic (exact) mass is 342 g/mol. The van der Waals surface area contributed by atoms with Gasteiger partial charge in [0.15, 0.2) is 6.61 Å². The van der Waals surface area contributed by atoms with Gasteiger partial charge in [-0.25, -0.2) is 14.7 Å². The Hall–Kier alpha value is -2.90. The standard InChI is InChI=1S/C17H18N4O4/c1-11-15(20-7-3-2-4-13(20)18-11)16(23)19-8-5-12(6-9-19)21-14(22)10-25-17(21)24/h2-4,7,12H,5-6,8-10H2,1H3. The van der Waals surface area contributed by atoms with Crippen LogP contribution >= 0.6 is 0 Å². The number of nitrogens with zero attached hydrogens (tertiary/aromatic N) is 4. The van der Waals surface area contributed by atoms with E-state index in [1.165, 1.54) is 4.90 Å². The van der Waals surface area contributed by atoms with Gasteiger partial charge in [-0.2, -0.15) is 0 Å². The van der Waals surface area contributed by atoms with Gasteiger partial charge in [0.2, 0.25) is 0 Å². The van der Waals surface area contributed by atoms with Crippen LogP contribution in [0.4, 0.5) is 4.79 Å². The lowest BCUT2D eigenvalue weighted by atomic mass is 10.0. The second-order valence-electron chi connectivity index (χ2n) is 6.32. The maximum Gasteiger partial charge on any atom is 0.417 e. The van der Waals surface area contributed by atoms with Crippen molar-refractivity contribution in [3.63, 3.8) is 0 Å². The molecule has 0 radical (unpaired) electrons. The second-order valence-corrected chi connectivity index (χ2v) is 6.32. The Labute approximate surface area is 144 Å². The number of imidazole rings is 1. The number of hydrogen-bond donors (Lipinski definition) is 0. The van der Waals surface area contributed by atoms with Crippen molar-refractivity contribution in [3.8, 4) is 0 Å². The van der Waals surface area contributed by atoms with Crippen LogP contribution in [0.3, 0.4) is 0 Å². The number of hydrogen-bond acceptors (Lipinski definition) is 5. The van der Waals surface area contributed by atoms with Gasteiger partial charge in [-0.05, 0) is 31.9 Å². The Balaban J connectivity index is 1.50. The Morgan fingerprint density at radius 2 is 2.00 bits per heavy atom. The van der Waals surface area contributed by atoms with Gasteiger partial charge in [-0.3, -0.25) is 14.0 Å². The lowest BCUT2D eigenvalue weighted by Crippen LogP contribution is -2.48. The number of aryl methyl sites for hydroxylation is 1. The molecule has 8 heteroatoms. The number of likely N-dealkylation sites (tertiary alicyclic amines) is 1. The molecule has 0 unspecified atom stereocenters. The molecule has 2 aromatic rings. The fourth-order valence-electron chi connectivity index (χ4n) is 3.57. The predicted octanol–water partition coefficient (Wildman–Crippen LogP) is 1.23. The predicted molar refractivity (Wildman–Crippen MR) is 87.0 cm³/mol. The maximum absolute atomic E-state index is 12.9. The summed E-state index contributed by atoms with van der Waals surface area (Å²) in [6, 6.07) is 5.41. The summed E-state index contributed by atoms with van der Waals surface area (Å²) in [5.74, 6) is -0.377. The molecule has 0 spiro atoms. The highest BCUT2D eigenvalue weighted by atomic mass is 16.6. The zero-order valence-electron chi connectivity index (χ0n) is 13.8. The number of pyridine rings is 1. The minimum Gasteiger partial charge on any atom is -0.439 e. The van der Waals surface area contributed by atoms with Crippen LogP contribution in [0.1, 0.15) is 29.0 Å². The third kappa shape index (κ3) is 2.54. The number of cyclic esters (lactones) is 1. The van der Waals surface area contributed by atoms with Crippen molar-refractivity contribution in [2.45, 2.75) is 25.8 Å². The zero-order chi connectivity index (χ0) is 17.6. The molecule has 2 fully saturated rings. The Kier molecular flexibility index (Phi) is 3.67. The Bertz CT molecular complexity index is 851. The number of aromatic nitrogens is 2. The van der Waals surface area contributed by atoms with Crippen LogP contribution in [0, 0.1) is 6.92 Å². The largest absolute Gasteiger partial charge is 0.439 e. The first kappa shape index (κ1) is 15.6. The number of carbonyl (C=O) groups is 3. The topological polar surface area (TPSA) is 84.2 Å². The summed E-state index contributed by atoms with van der Waals surface area (Å²) >= 11 is 0. The smallest absolute Gasteiger partial charge is 0.417 e. The molecule has 3 amide bonds. The van der Waals surface area contributed by atoms with Crippen LogP contribution in [0.2, 0.25) is 0 Å². The molecule has 130 valence electrons. The van der Waals surface area contributed by atoms with Crippen LogP contribution in [-0.2, 0) is 9.53 Å². The third-order valence-electron chi connectivity index (χ3n) is 4.81. The second kappa shape index (κ2) is 5.87. The minimum absolute atomic E-state index is 0.0787. The van der Waals surface area contributed by atoms with E-state index in [9.17, 15) is 14.4 Å². The van der Waals surface area contributed by atoms with E-state index in [2.05, 4.69) is 4.98 Å². The molecule has 25 heavy (non-hydrogen) atoms. The molecular formula is C17H18N4O4. The number of ether oxygens (including phenoxy) is 1. The van der Waals surface area contributed by atoms with Crippen LogP contribution in [-0.4, -0.2) is 62.8 Å². The van der Waals surface area contributed by atoms with Gasteiger partial charge < -0.3 is 9.64 Å². The van der Waals surface area contributed by atoms with Crippen molar-refractivity contribution >= 4 is 23.6 Å². The van der Waals surface area contributed by atoms with Crippen molar-refractivity contribution in [2.24, 2.45) is 0 Å². The van der Waals surface area contributed by atoms with Gasteiger partial charge in [0.05, 0.1) is 5.69 Å². The average Bonchev–Trinajstić information content (AvgIpc) is 3.13. The normalized spacial score (nSPS) is 18.9. The van der Waals surface area contributed by atoms with Gasteiger partial charge in [-0.1, -0.05) is 6.07 Å². The summed E-state index contributed by atoms with van der Waals surface area (Å²) in [5, 5.41) is 0. The van der Waals surface area contributed by atoms with Gasteiger partial charge in [0, 0.05) is 25.3 Å². The minimum atomic E-state index is -0.576. The first-order chi connectivity index (χ1) is 12.1. The summed E-state index contributed by atoms with van der Waals surface area (Å²) in [6.45, 7) is 2.62. The van der Waals surface area contributed by atoms with Gasteiger partial charge in [0.1, 0.15) is 11.3 Å². The highest BCUT2D eigenvalue weighted by Crippen LogP contribution is 2.23. The first-order valence-corrected chi connectivity index (χ1v) is 8.28. The van der Waals surface area contributed by atoms with Crippen molar-refractivity contribution in [3.05, 3.63) is 35.8 Å². The summed E-state index contributed by atoms with van der Waals surface area (Å²) in [5.41, 5.74) is 1.99. The molecule has 4 heterocycles. The fourth-order valence-corrected chi connectivity index (χ4v) is 3.57. The molecule has 0 aliphatic carbocycles. The molecule has 4 rings (SSSR count). The molecule has 0 saturated carbocycles. The molecular weight excluding hydrogens is 324 g/mol. The number of imide groups is 1. The number of carbonyl (C=O) groups excluding carboxylic acids is 3. The van der Waals surface area contributed by atoms with Crippen LogP contribution < -0.4 is 0 Å². The molecule has 2 aliphatic rings. The first-order valence-electron chi connectivity index (χ1n) is 8.28. The van der Waals surface area contributed by atoms with Gasteiger partial charge in [0.25, 0.3) is 11.8 Å². The number of fused-ring (bicyclic) bond motifs is 1. The molecule has 0 aromatic carbocycles. The maximum atomic E-state index is 12.9. The zero-order valence-corrected chi connectivity index (χ0v) is 13.8. The van der Waals surface area contributed by atoms with Gasteiger partial charge >= 0.3 is 6.09 Å². The molecule has 2 saturated heterocycles. The Morgan fingerprint density at radius 1 is 1.24 bits per heavy atom. The van der Waals surface area contributed by atoms with E-state index >= 15 is 0 Å². The molecule has 0 atom stereocenters. The lowest BCUT2D eigenvalue weighted by Gasteiger charge is -2.34. The van der Waals surface area contributed by atoms with E-state index in [1.807, 2.05) is 31.3 Å². The van der Waals surface area contributed by atoms with E-state index in [0.717, 1.165) is 5.65 Å².